The number of hydrogen-bond donors (Lipinski definition) is 2. The average molecular weight is 316 g/mol. The van der Waals surface area contributed by atoms with E-state index in [1.807, 2.05) is 0 Å². The number of methoxy groups -OCH3 is 1. The van der Waals surface area contributed by atoms with Crippen LogP contribution in [-0.2, 0) is 18.8 Å². The molecule has 1 aromatic heterocycles. The van der Waals surface area contributed by atoms with Crippen molar-refractivity contribution < 1.29 is 18.8 Å². The van der Waals surface area contributed by atoms with Crippen LogP contribution in [0.15, 0.2) is 18.6 Å². The summed E-state index contributed by atoms with van der Waals surface area (Å²) < 4.78 is 22.8. The van der Waals surface area contributed by atoms with Crippen LogP contribution < -0.4 is 10.2 Å². The average Bonchev–Trinajstić information content (AvgIpc) is 2.38. The maximum atomic E-state index is 12.8. The molecule has 0 saturated carbocycles. The van der Waals surface area contributed by atoms with Crippen molar-refractivity contribution in [2.45, 2.75) is 32.9 Å². The number of hydrogen-bond acceptors (Lipinski definition) is 6. The first-order valence-corrected chi connectivity index (χ1v) is 8.36. The van der Waals surface area contributed by atoms with Gasteiger partial charge in [-0.3, -0.25) is 9.36 Å². The molecule has 118 valence electrons. The normalized spacial score (nSPS) is 15.3. The van der Waals surface area contributed by atoms with Gasteiger partial charge in [0.2, 0.25) is 0 Å². The third-order valence-electron chi connectivity index (χ3n) is 2.30. The molecule has 21 heavy (non-hydrogen) atoms. The van der Waals surface area contributed by atoms with Gasteiger partial charge in [-0.25, -0.2) is 15.1 Å². The SMILES string of the molecule is COCP(=O)(Nc1ccncn1)N[C@@H](C)C(=O)OC(C)C. The summed E-state index contributed by atoms with van der Waals surface area (Å²) in [4.78, 5) is 19.5. The Morgan fingerprint density at radius 3 is 2.67 bits per heavy atom. The van der Waals surface area contributed by atoms with Crippen LogP contribution in [0.25, 0.3) is 0 Å². The Hall–Kier alpha value is -1.50. The van der Waals surface area contributed by atoms with Crippen molar-refractivity contribution in [1.29, 1.82) is 0 Å². The predicted molar refractivity (Wildman–Crippen MR) is 79.0 cm³/mol. The number of nitrogens with one attached hydrogen (secondary N) is 2. The van der Waals surface area contributed by atoms with E-state index in [-0.39, 0.29) is 12.5 Å². The fourth-order valence-electron chi connectivity index (χ4n) is 1.53. The summed E-state index contributed by atoms with van der Waals surface area (Å²) in [6.45, 7) is 5.08. The summed E-state index contributed by atoms with van der Waals surface area (Å²) in [5.74, 6) is -0.104. The Bertz CT molecular complexity index is 497. The molecular formula is C12H21N4O4P. The van der Waals surface area contributed by atoms with Crippen molar-refractivity contribution >= 4 is 19.2 Å². The van der Waals surface area contributed by atoms with Gasteiger partial charge in [0, 0.05) is 13.3 Å². The standard InChI is InChI=1S/C12H21N4O4P/c1-9(2)20-12(17)10(3)15-21(18,8-19-4)16-11-5-6-13-7-14-11/h5-7,9-10H,8H2,1-4H3,(H2,13,14,15,16,18)/t10-,21?/m0/s1. The Morgan fingerprint density at radius 1 is 1.43 bits per heavy atom. The molecule has 0 saturated heterocycles. The lowest BCUT2D eigenvalue weighted by Crippen LogP contribution is -2.37. The third kappa shape index (κ3) is 6.20. The lowest BCUT2D eigenvalue weighted by atomic mass is 10.4. The molecule has 2 atom stereocenters. The Labute approximate surface area is 124 Å². The molecule has 8 nitrogen and oxygen atoms in total. The van der Waals surface area contributed by atoms with Crippen molar-refractivity contribution in [3.05, 3.63) is 18.6 Å². The van der Waals surface area contributed by atoms with Crippen LogP contribution in [0.2, 0.25) is 0 Å². The van der Waals surface area contributed by atoms with Gasteiger partial charge in [-0.05, 0) is 26.8 Å². The molecule has 1 rings (SSSR count). The molecule has 0 radical (unpaired) electrons. The Kier molecular flexibility index (Phi) is 6.74. The molecule has 0 aromatic carbocycles. The first-order valence-electron chi connectivity index (χ1n) is 6.47. The first-order chi connectivity index (χ1) is 9.86. The molecule has 0 aliphatic rings. The monoisotopic (exact) mass is 316 g/mol. The molecule has 1 aromatic rings. The Morgan fingerprint density at radius 2 is 2.14 bits per heavy atom. The second-order valence-electron chi connectivity index (χ2n) is 4.70. The summed E-state index contributed by atoms with van der Waals surface area (Å²) in [5, 5.41) is 5.49. The molecule has 0 aliphatic carbocycles. The molecule has 0 spiro atoms. The van der Waals surface area contributed by atoms with Crippen LogP contribution in [0.5, 0.6) is 0 Å². The van der Waals surface area contributed by atoms with Crippen LogP contribution in [0.3, 0.4) is 0 Å². The van der Waals surface area contributed by atoms with E-state index in [0.717, 1.165) is 0 Å². The van der Waals surface area contributed by atoms with Crippen molar-refractivity contribution in [1.82, 2.24) is 15.1 Å². The van der Waals surface area contributed by atoms with E-state index < -0.39 is 19.5 Å². The molecule has 1 heterocycles. The van der Waals surface area contributed by atoms with Crippen molar-refractivity contribution in [2.75, 3.05) is 18.5 Å². The van der Waals surface area contributed by atoms with Gasteiger partial charge in [-0.2, -0.15) is 0 Å². The van der Waals surface area contributed by atoms with Crippen LogP contribution in [0.1, 0.15) is 20.8 Å². The molecule has 0 fully saturated rings. The van der Waals surface area contributed by atoms with Gasteiger partial charge in [0.25, 0.3) is 7.44 Å². The summed E-state index contributed by atoms with van der Waals surface area (Å²) in [5.41, 5.74) is 0. The number of nitrogens with zero attached hydrogens (tertiary/aromatic N) is 2. The minimum atomic E-state index is -3.21. The fraction of sp³-hybridized carbons (Fsp3) is 0.583. The number of carbonyl (C=O) groups excluding carboxylic acids is 1. The van der Waals surface area contributed by atoms with Gasteiger partial charge in [0.1, 0.15) is 24.5 Å². The Balaban J connectivity index is 2.76. The van der Waals surface area contributed by atoms with Crippen LogP contribution in [-0.4, -0.2) is 41.5 Å². The highest BCUT2D eigenvalue weighted by Crippen LogP contribution is 2.40. The maximum Gasteiger partial charge on any atom is 0.323 e. The van der Waals surface area contributed by atoms with E-state index in [9.17, 15) is 9.36 Å². The van der Waals surface area contributed by atoms with Gasteiger partial charge in [-0.1, -0.05) is 0 Å². The van der Waals surface area contributed by atoms with E-state index in [1.165, 1.54) is 19.6 Å². The molecular weight excluding hydrogens is 295 g/mol. The summed E-state index contributed by atoms with van der Waals surface area (Å²) in [6.07, 6.45) is 2.51. The minimum absolute atomic E-state index is 0.101. The van der Waals surface area contributed by atoms with E-state index in [2.05, 4.69) is 20.1 Å². The number of anilines is 1. The van der Waals surface area contributed by atoms with Gasteiger partial charge in [0.15, 0.2) is 0 Å². The van der Waals surface area contributed by atoms with E-state index in [0.29, 0.717) is 5.82 Å². The minimum Gasteiger partial charge on any atom is -0.462 e. The zero-order valence-corrected chi connectivity index (χ0v) is 13.5. The van der Waals surface area contributed by atoms with Gasteiger partial charge in [-0.15, -0.1) is 0 Å². The smallest absolute Gasteiger partial charge is 0.323 e. The second-order valence-corrected chi connectivity index (χ2v) is 6.92. The van der Waals surface area contributed by atoms with Crippen LogP contribution >= 0.6 is 7.44 Å². The van der Waals surface area contributed by atoms with E-state index >= 15 is 0 Å². The molecule has 1 unspecified atom stereocenters. The quantitative estimate of drug-likeness (QED) is 0.551. The maximum absolute atomic E-state index is 12.8. The first kappa shape index (κ1) is 17.6. The predicted octanol–water partition coefficient (Wildman–Crippen LogP) is 1.62. The number of esters is 1. The number of ether oxygens (including phenoxy) is 2. The summed E-state index contributed by atoms with van der Waals surface area (Å²) in [7, 11) is -1.78. The molecule has 0 amide bonds. The largest absolute Gasteiger partial charge is 0.462 e. The van der Waals surface area contributed by atoms with Crippen LogP contribution in [0.4, 0.5) is 5.82 Å². The zero-order valence-electron chi connectivity index (χ0n) is 12.6. The highest BCUT2D eigenvalue weighted by Gasteiger charge is 2.28. The number of aromatic nitrogens is 2. The van der Waals surface area contributed by atoms with Gasteiger partial charge < -0.3 is 14.6 Å². The van der Waals surface area contributed by atoms with Gasteiger partial charge >= 0.3 is 5.97 Å². The molecule has 0 aliphatic heterocycles. The zero-order chi connectivity index (χ0) is 15.9. The molecule has 0 bridgehead atoms. The number of carbonyl (C=O) groups is 1. The lowest BCUT2D eigenvalue weighted by Gasteiger charge is -2.24. The molecule has 2 N–H and O–H groups in total. The highest BCUT2D eigenvalue weighted by atomic mass is 31.2. The lowest BCUT2D eigenvalue weighted by molar-refractivity contribution is -0.148. The van der Waals surface area contributed by atoms with E-state index in [4.69, 9.17) is 9.47 Å². The van der Waals surface area contributed by atoms with Crippen molar-refractivity contribution in [3.8, 4) is 0 Å². The highest BCUT2D eigenvalue weighted by molar-refractivity contribution is 7.63. The second kappa shape index (κ2) is 8.07. The van der Waals surface area contributed by atoms with Gasteiger partial charge in [0.05, 0.1) is 6.10 Å². The van der Waals surface area contributed by atoms with Crippen molar-refractivity contribution in [3.63, 3.8) is 0 Å². The fourth-order valence-corrected chi connectivity index (χ4v) is 3.33. The molecule has 9 heteroatoms. The third-order valence-corrected chi connectivity index (χ3v) is 4.31. The number of rotatable bonds is 8. The van der Waals surface area contributed by atoms with E-state index in [1.54, 1.807) is 26.8 Å². The summed E-state index contributed by atoms with van der Waals surface area (Å²) >= 11 is 0. The topological polar surface area (TPSA) is 102 Å². The summed E-state index contributed by atoms with van der Waals surface area (Å²) in [6, 6.07) is 0.823. The van der Waals surface area contributed by atoms with Crippen molar-refractivity contribution in [2.24, 2.45) is 0 Å². The van der Waals surface area contributed by atoms with Crippen LogP contribution in [0, 0.1) is 0 Å².